The molecule has 0 aliphatic heterocycles. The van der Waals surface area contributed by atoms with Crippen molar-refractivity contribution in [1.29, 1.82) is 0 Å². The van der Waals surface area contributed by atoms with Crippen LogP contribution < -0.4 is 0 Å². The fourth-order valence-corrected chi connectivity index (χ4v) is 2.07. The third-order valence-corrected chi connectivity index (χ3v) is 3.14. The van der Waals surface area contributed by atoms with E-state index in [1.54, 1.807) is 20.8 Å². The molecular formula is C13H25NO4. The van der Waals surface area contributed by atoms with Crippen LogP contribution >= 0.6 is 0 Å². The molecule has 0 unspecified atom stereocenters. The molecule has 0 aliphatic carbocycles. The van der Waals surface area contributed by atoms with Crippen molar-refractivity contribution in [3.63, 3.8) is 0 Å². The summed E-state index contributed by atoms with van der Waals surface area (Å²) in [5.74, 6) is -0.357. The fraction of sp³-hybridized carbons (Fsp3) is 0.923. The SMILES string of the molecule is CCCCC[C@@H]([N+](=O)[O-])C(C)(C)CC(=O)OCC. The van der Waals surface area contributed by atoms with E-state index in [1.165, 1.54) is 0 Å². The van der Waals surface area contributed by atoms with Crippen molar-refractivity contribution < 1.29 is 14.5 Å². The standard InChI is InChI=1S/C13H25NO4/c1-5-7-8-9-11(14(16)17)13(3,4)10-12(15)18-6-2/h11H,5-10H2,1-4H3/t11-/m1/s1. The number of nitrogens with zero attached hydrogens (tertiary/aromatic N) is 1. The summed E-state index contributed by atoms with van der Waals surface area (Å²) in [5.41, 5.74) is -0.663. The molecular weight excluding hydrogens is 234 g/mol. The molecule has 18 heavy (non-hydrogen) atoms. The third-order valence-electron chi connectivity index (χ3n) is 3.14. The van der Waals surface area contributed by atoms with Gasteiger partial charge >= 0.3 is 5.97 Å². The maximum Gasteiger partial charge on any atom is 0.306 e. The molecule has 0 spiro atoms. The summed E-state index contributed by atoms with van der Waals surface area (Å²) in [4.78, 5) is 22.3. The van der Waals surface area contributed by atoms with Gasteiger partial charge in [-0.15, -0.1) is 0 Å². The van der Waals surface area contributed by atoms with Crippen LogP contribution in [0, 0.1) is 15.5 Å². The molecule has 0 aliphatic rings. The van der Waals surface area contributed by atoms with Crippen molar-refractivity contribution in [2.24, 2.45) is 5.41 Å². The van der Waals surface area contributed by atoms with Gasteiger partial charge in [-0.1, -0.05) is 33.6 Å². The van der Waals surface area contributed by atoms with Crippen molar-refractivity contribution >= 4 is 5.97 Å². The number of nitro groups is 1. The monoisotopic (exact) mass is 259 g/mol. The molecule has 0 saturated carbocycles. The van der Waals surface area contributed by atoms with Gasteiger partial charge in [0.25, 0.3) is 0 Å². The molecule has 0 radical (unpaired) electrons. The Labute approximate surface area is 109 Å². The molecule has 106 valence electrons. The lowest BCUT2D eigenvalue weighted by Gasteiger charge is -2.27. The van der Waals surface area contributed by atoms with Crippen LogP contribution in [0.1, 0.15) is 59.8 Å². The second-order valence-electron chi connectivity index (χ2n) is 5.27. The molecule has 0 aromatic heterocycles. The zero-order chi connectivity index (χ0) is 14.2. The minimum Gasteiger partial charge on any atom is -0.466 e. The molecule has 0 amide bonds. The molecule has 0 N–H and O–H groups in total. The molecule has 5 heteroatoms. The number of esters is 1. The Morgan fingerprint density at radius 1 is 1.33 bits per heavy atom. The van der Waals surface area contributed by atoms with Gasteiger partial charge in [0, 0.05) is 16.8 Å². The Bertz CT molecular complexity index is 276. The highest BCUT2D eigenvalue weighted by atomic mass is 16.6. The molecule has 0 aromatic rings. The lowest BCUT2D eigenvalue weighted by atomic mass is 9.79. The van der Waals surface area contributed by atoms with E-state index in [1.807, 2.05) is 0 Å². The van der Waals surface area contributed by atoms with Crippen molar-refractivity contribution in [3.8, 4) is 0 Å². The summed E-state index contributed by atoms with van der Waals surface area (Å²) in [6.45, 7) is 7.64. The number of unbranched alkanes of at least 4 members (excludes halogenated alkanes) is 2. The van der Waals surface area contributed by atoms with E-state index >= 15 is 0 Å². The predicted molar refractivity (Wildman–Crippen MR) is 70.0 cm³/mol. The zero-order valence-corrected chi connectivity index (χ0v) is 11.9. The average Bonchev–Trinajstić information content (AvgIpc) is 2.22. The second-order valence-corrected chi connectivity index (χ2v) is 5.27. The molecule has 5 nitrogen and oxygen atoms in total. The van der Waals surface area contributed by atoms with Crippen LogP contribution in [0.15, 0.2) is 0 Å². The van der Waals surface area contributed by atoms with Gasteiger partial charge in [-0.2, -0.15) is 0 Å². The van der Waals surface area contributed by atoms with Crippen LogP contribution in [0.2, 0.25) is 0 Å². The normalized spacial score (nSPS) is 13.1. The summed E-state index contributed by atoms with van der Waals surface area (Å²) in [7, 11) is 0. The van der Waals surface area contributed by atoms with Crippen LogP contribution in [0.25, 0.3) is 0 Å². The first-order valence-corrected chi connectivity index (χ1v) is 6.64. The summed E-state index contributed by atoms with van der Waals surface area (Å²) < 4.78 is 4.87. The van der Waals surface area contributed by atoms with Crippen LogP contribution in [0.3, 0.4) is 0 Å². The van der Waals surface area contributed by atoms with Crippen molar-refractivity contribution in [1.82, 2.24) is 0 Å². The number of carbonyl (C=O) groups excluding carboxylic acids is 1. The number of ether oxygens (including phenoxy) is 1. The predicted octanol–water partition coefficient (Wildman–Crippen LogP) is 3.19. The number of rotatable bonds is 9. The Morgan fingerprint density at radius 3 is 2.39 bits per heavy atom. The molecule has 1 atom stereocenters. The van der Waals surface area contributed by atoms with Crippen LogP contribution in [0.5, 0.6) is 0 Å². The van der Waals surface area contributed by atoms with Crippen LogP contribution in [-0.2, 0) is 9.53 Å². The maximum atomic E-state index is 11.5. The topological polar surface area (TPSA) is 69.4 Å². The largest absolute Gasteiger partial charge is 0.466 e. The van der Waals surface area contributed by atoms with Crippen molar-refractivity contribution in [2.45, 2.75) is 65.8 Å². The molecule has 0 rings (SSSR count). The molecule has 0 heterocycles. The van der Waals surface area contributed by atoms with Gasteiger partial charge in [-0.05, 0) is 13.3 Å². The Kier molecular flexibility index (Phi) is 7.55. The van der Waals surface area contributed by atoms with Gasteiger partial charge in [-0.25, -0.2) is 0 Å². The van der Waals surface area contributed by atoms with E-state index in [0.29, 0.717) is 13.0 Å². The number of carbonyl (C=O) groups is 1. The van der Waals surface area contributed by atoms with E-state index in [2.05, 4.69) is 6.92 Å². The van der Waals surface area contributed by atoms with Crippen molar-refractivity contribution in [2.75, 3.05) is 6.61 Å². The summed E-state index contributed by atoms with van der Waals surface area (Å²) in [5, 5.41) is 11.1. The van der Waals surface area contributed by atoms with E-state index in [4.69, 9.17) is 4.74 Å². The summed E-state index contributed by atoms with van der Waals surface area (Å²) >= 11 is 0. The molecule has 0 aromatic carbocycles. The van der Waals surface area contributed by atoms with Gasteiger partial charge in [0.1, 0.15) is 0 Å². The summed E-state index contributed by atoms with van der Waals surface area (Å²) in [6.07, 6.45) is 3.46. The number of hydrogen-bond acceptors (Lipinski definition) is 4. The minimum atomic E-state index is -0.687. The van der Waals surface area contributed by atoms with Gasteiger partial charge in [0.05, 0.1) is 13.0 Å². The van der Waals surface area contributed by atoms with Crippen LogP contribution in [0.4, 0.5) is 0 Å². The van der Waals surface area contributed by atoms with Gasteiger partial charge in [0.2, 0.25) is 6.04 Å². The smallest absolute Gasteiger partial charge is 0.306 e. The Morgan fingerprint density at radius 2 is 1.94 bits per heavy atom. The van der Waals surface area contributed by atoms with E-state index < -0.39 is 11.5 Å². The lowest BCUT2D eigenvalue weighted by molar-refractivity contribution is -0.541. The van der Waals surface area contributed by atoms with Crippen molar-refractivity contribution in [3.05, 3.63) is 10.1 Å². The third kappa shape index (κ3) is 5.98. The van der Waals surface area contributed by atoms with Gasteiger partial charge < -0.3 is 4.74 Å². The Balaban J connectivity index is 4.54. The number of hydrogen-bond donors (Lipinski definition) is 0. The first-order valence-electron chi connectivity index (χ1n) is 6.64. The quantitative estimate of drug-likeness (QED) is 0.276. The minimum absolute atomic E-state index is 0.0958. The maximum absolute atomic E-state index is 11.5. The first kappa shape index (κ1) is 16.9. The van der Waals surface area contributed by atoms with Gasteiger partial charge in [0.15, 0.2) is 0 Å². The summed E-state index contributed by atoms with van der Waals surface area (Å²) in [6, 6.07) is -0.687. The first-order chi connectivity index (χ1) is 8.35. The van der Waals surface area contributed by atoms with E-state index in [-0.39, 0.29) is 17.3 Å². The highest BCUT2D eigenvalue weighted by Crippen LogP contribution is 2.31. The van der Waals surface area contributed by atoms with E-state index in [0.717, 1.165) is 19.3 Å². The molecule has 0 bridgehead atoms. The molecule has 0 saturated heterocycles. The zero-order valence-electron chi connectivity index (χ0n) is 11.9. The lowest BCUT2D eigenvalue weighted by Crippen LogP contribution is -2.38. The van der Waals surface area contributed by atoms with Crippen LogP contribution in [-0.4, -0.2) is 23.5 Å². The molecule has 0 fully saturated rings. The second kappa shape index (κ2) is 8.06. The Hall–Kier alpha value is -1.13. The average molecular weight is 259 g/mol. The fourth-order valence-electron chi connectivity index (χ4n) is 2.07. The highest BCUT2D eigenvalue weighted by Gasteiger charge is 2.40. The van der Waals surface area contributed by atoms with Gasteiger partial charge in [-0.3, -0.25) is 14.9 Å². The highest BCUT2D eigenvalue weighted by molar-refractivity contribution is 5.70. The van der Waals surface area contributed by atoms with E-state index in [9.17, 15) is 14.9 Å².